The van der Waals surface area contributed by atoms with Gasteiger partial charge in [0.2, 0.25) is 0 Å². The van der Waals surface area contributed by atoms with Gasteiger partial charge in [-0.1, -0.05) is 42.5 Å². The predicted molar refractivity (Wildman–Crippen MR) is 124 cm³/mol. The zero-order valence-corrected chi connectivity index (χ0v) is 17.5. The van der Waals surface area contributed by atoms with Gasteiger partial charge in [-0.15, -0.1) is 11.3 Å². The van der Waals surface area contributed by atoms with E-state index in [1.165, 1.54) is 0 Å². The highest BCUT2D eigenvalue weighted by molar-refractivity contribution is 7.10. The Morgan fingerprint density at radius 1 is 1.03 bits per heavy atom. The van der Waals surface area contributed by atoms with Gasteiger partial charge in [-0.3, -0.25) is 9.89 Å². The second kappa shape index (κ2) is 7.67. The number of nitrogens with zero attached hydrogens (tertiary/aromatic N) is 3. The molecule has 0 saturated heterocycles. The fraction of sp³-hybridized carbons (Fsp3) is 0.0833. The molecule has 31 heavy (non-hydrogen) atoms. The van der Waals surface area contributed by atoms with Gasteiger partial charge in [0, 0.05) is 28.4 Å². The van der Waals surface area contributed by atoms with Crippen molar-refractivity contribution in [1.29, 1.82) is 0 Å². The molecular formula is C24H17N5OS. The molecule has 0 aliphatic heterocycles. The fourth-order valence-corrected chi connectivity index (χ4v) is 4.53. The molecule has 0 aliphatic carbocycles. The van der Waals surface area contributed by atoms with E-state index in [2.05, 4.69) is 15.0 Å². The first-order valence-corrected chi connectivity index (χ1v) is 10.6. The van der Waals surface area contributed by atoms with Crippen LogP contribution in [-0.4, -0.2) is 20.2 Å². The maximum atomic E-state index is 12.3. The van der Waals surface area contributed by atoms with Crippen LogP contribution in [0.1, 0.15) is 16.3 Å². The van der Waals surface area contributed by atoms with Gasteiger partial charge in [0.25, 0.3) is 5.56 Å². The van der Waals surface area contributed by atoms with Gasteiger partial charge >= 0.3 is 0 Å². The Morgan fingerprint density at radius 3 is 2.65 bits per heavy atom. The van der Waals surface area contributed by atoms with E-state index in [-0.39, 0.29) is 5.56 Å². The van der Waals surface area contributed by atoms with Crippen molar-refractivity contribution in [2.75, 3.05) is 0 Å². The maximum Gasteiger partial charge on any atom is 0.273 e. The van der Waals surface area contributed by atoms with E-state index in [0.717, 1.165) is 38.4 Å². The number of para-hydroxylation sites is 2. The average Bonchev–Trinajstić information content (AvgIpc) is 3.39. The Morgan fingerprint density at radius 2 is 1.84 bits per heavy atom. The Hall–Kier alpha value is -4.02. The molecule has 5 rings (SSSR count). The lowest BCUT2D eigenvalue weighted by molar-refractivity contribution is 1.02. The summed E-state index contributed by atoms with van der Waals surface area (Å²) in [5.74, 6) is 0. The normalized spacial score (nSPS) is 11.0. The van der Waals surface area contributed by atoms with E-state index in [9.17, 15) is 4.79 Å². The van der Waals surface area contributed by atoms with Crippen molar-refractivity contribution in [2.24, 2.45) is 0 Å². The maximum absolute atomic E-state index is 12.3. The van der Waals surface area contributed by atoms with E-state index in [1.54, 1.807) is 11.3 Å². The molecule has 0 fully saturated rings. The van der Waals surface area contributed by atoms with E-state index >= 15 is 0 Å². The van der Waals surface area contributed by atoms with E-state index < -0.39 is 0 Å². The molecule has 150 valence electrons. The molecule has 2 aromatic carbocycles. The summed E-state index contributed by atoms with van der Waals surface area (Å²) >= 11 is 1.57. The first-order valence-electron chi connectivity index (χ1n) is 9.71. The topological polar surface area (TPSA) is 78.8 Å². The molecule has 0 bridgehead atoms. The van der Waals surface area contributed by atoms with Crippen LogP contribution in [0.3, 0.4) is 0 Å². The summed E-state index contributed by atoms with van der Waals surface area (Å²) in [5, 5.41) is 9.43. The number of aryl methyl sites for hydroxylation is 1. The van der Waals surface area contributed by atoms with Gasteiger partial charge < -0.3 is 5.10 Å². The third-order valence-electron chi connectivity index (χ3n) is 5.22. The summed E-state index contributed by atoms with van der Waals surface area (Å²) in [7, 11) is 0. The first-order chi connectivity index (χ1) is 15.1. The first kappa shape index (κ1) is 19.0. The zero-order valence-electron chi connectivity index (χ0n) is 16.6. The van der Waals surface area contributed by atoms with Crippen LogP contribution in [-0.2, 0) is 6.42 Å². The third-order valence-corrected chi connectivity index (χ3v) is 6.07. The van der Waals surface area contributed by atoms with E-state index in [0.29, 0.717) is 23.4 Å². The number of pyridine rings is 1. The van der Waals surface area contributed by atoms with Crippen LogP contribution in [0.5, 0.6) is 0 Å². The molecule has 0 saturated carbocycles. The van der Waals surface area contributed by atoms with Crippen LogP contribution >= 0.6 is 11.3 Å². The van der Waals surface area contributed by atoms with Gasteiger partial charge in [0.15, 0.2) is 5.69 Å². The standard InChI is InChI=1S/C24H17N5OS/c1-14-23(24(30)29-28-14)20-12-17(16-8-4-6-10-19(16)26-20)21-13-31-22(27-21)11-15-7-3-5-9-18(15)25-2/h3-10,12-13H,11H2,1H3,(H2,28,29,30). The number of aromatic amines is 2. The molecule has 0 aliphatic rings. The van der Waals surface area contributed by atoms with Crippen LogP contribution in [0.2, 0.25) is 0 Å². The van der Waals surface area contributed by atoms with Crippen molar-refractivity contribution in [3.8, 4) is 22.5 Å². The van der Waals surface area contributed by atoms with Gasteiger partial charge in [-0.25, -0.2) is 14.8 Å². The minimum atomic E-state index is -0.194. The molecule has 0 radical (unpaired) electrons. The number of hydrogen-bond donors (Lipinski definition) is 2. The summed E-state index contributed by atoms with van der Waals surface area (Å²) in [6, 6.07) is 17.4. The quantitative estimate of drug-likeness (QED) is 0.375. The number of H-pyrrole nitrogens is 2. The number of aromatic nitrogens is 4. The largest absolute Gasteiger partial charge is 0.302 e. The van der Waals surface area contributed by atoms with Crippen molar-refractivity contribution in [3.05, 3.63) is 98.0 Å². The number of fused-ring (bicyclic) bond motifs is 1. The van der Waals surface area contributed by atoms with Crippen LogP contribution in [0, 0.1) is 13.5 Å². The Bertz CT molecular complexity index is 1520. The average molecular weight is 424 g/mol. The van der Waals surface area contributed by atoms with Crippen molar-refractivity contribution in [1.82, 2.24) is 20.2 Å². The molecule has 0 spiro atoms. The van der Waals surface area contributed by atoms with Gasteiger partial charge in [0.1, 0.15) is 0 Å². The summed E-state index contributed by atoms with van der Waals surface area (Å²) in [5.41, 5.74) is 5.89. The van der Waals surface area contributed by atoms with E-state index in [4.69, 9.17) is 16.5 Å². The summed E-state index contributed by atoms with van der Waals surface area (Å²) < 4.78 is 0. The SMILES string of the molecule is [C-]#[N+]c1ccccc1Cc1nc(-c2cc(-c3c(C)[nH][nH]c3=O)nc3ccccc23)cs1. The van der Waals surface area contributed by atoms with Crippen LogP contribution in [0.25, 0.3) is 38.3 Å². The fourth-order valence-electron chi connectivity index (χ4n) is 3.72. The number of thiazole rings is 1. The molecule has 0 atom stereocenters. The van der Waals surface area contributed by atoms with Gasteiger partial charge in [-0.2, -0.15) is 0 Å². The Balaban J connectivity index is 1.62. The lowest BCUT2D eigenvalue weighted by Gasteiger charge is -2.07. The lowest BCUT2D eigenvalue weighted by atomic mass is 10.0. The van der Waals surface area contributed by atoms with Crippen LogP contribution < -0.4 is 5.56 Å². The molecule has 2 N–H and O–H groups in total. The number of nitrogens with one attached hydrogen (secondary N) is 2. The Kier molecular flexibility index (Phi) is 4.69. The lowest BCUT2D eigenvalue weighted by Crippen LogP contribution is -2.03. The molecule has 6 nitrogen and oxygen atoms in total. The highest BCUT2D eigenvalue weighted by Crippen LogP contribution is 2.33. The van der Waals surface area contributed by atoms with Gasteiger partial charge in [0.05, 0.1) is 34.0 Å². The van der Waals surface area contributed by atoms with E-state index in [1.807, 2.05) is 66.9 Å². The molecule has 0 unspecified atom stereocenters. The van der Waals surface area contributed by atoms with Crippen molar-refractivity contribution >= 4 is 27.9 Å². The van der Waals surface area contributed by atoms with Crippen LogP contribution in [0.15, 0.2) is 64.8 Å². The number of rotatable bonds is 4. The highest BCUT2D eigenvalue weighted by atomic mass is 32.1. The molecule has 5 aromatic rings. The summed E-state index contributed by atoms with van der Waals surface area (Å²) in [6.07, 6.45) is 0.607. The molecule has 3 heterocycles. The highest BCUT2D eigenvalue weighted by Gasteiger charge is 2.16. The molecular weight excluding hydrogens is 406 g/mol. The van der Waals surface area contributed by atoms with Crippen molar-refractivity contribution in [3.63, 3.8) is 0 Å². The zero-order chi connectivity index (χ0) is 21.4. The molecule has 3 aromatic heterocycles. The monoisotopic (exact) mass is 423 g/mol. The number of benzene rings is 2. The predicted octanol–water partition coefficient (Wildman–Crippen LogP) is 5.49. The second-order valence-electron chi connectivity index (χ2n) is 7.20. The minimum absolute atomic E-state index is 0.194. The smallest absolute Gasteiger partial charge is 0.273 e. The third kappa shape index (κ3) is 3.43. The summed E-state index contributed by atoms with van der Waals surface area (Å²) in [4.78, 5) is 25.5. The molecule has 7 heteroatoms. The van der Waals surface area contributed by atoms with Crippen LogP contribution in [0.4, 0.5) is 5.69 Å². The second-order valence-corrected chi connectivity index (χ2v) is 8.14. The van der Waals surface area contributed by atoms with Crippen molar-refractivity contribution < 1.29 is 0 Å². The van der Waals surface area contributed by atoms with Gasteiger partial charge in [-0.05, 0) is 24.6 Å². The minimum Gasteiger partial charge on any atom is -0.302 e. The Labute approximate surface area is 182 Å². The number of hydrogen-bond acceptors (Lipinski definition) is 4. The van der Waals surface area contributed by atoms with Crippen molar-refractivity contribution in [2.45, 2.75) is 13.3 Å². The molecule has 0 amide bonds. The summed E-state index contributed by atoms with van der Waals surface area (Å²) in [6.45, 7) is 9.22.